The lowest BCUT2D eigenvalue weighted by molar-refractivity contribution is 0.0748. The zero-order chi connectivity index (χ0) is 20.7. The van der Waals surface area contributed by atoms with Crippen LogP contribution >= 0.6 is 0 Å². The SMILES string of the molecule is C=CCN1C(=O)c2oc3cc(C)cc(C)c3c(=O)c2C1c1ccc(OCC)cc1. The quantitative estimate of drug-likeness (QED) is 0.601. The summed E-state index contributed by atoms with van der Waals surface area (Å²) in [4.78, 5) is 28.3. The van der Waals surface area contributed by atoms with Crippen molar-refractivity contribution >= 4 is 16.9 Å². The van der Waals surface area contributed by atoms with Gasteiger partial charge < -0.3 is 14.1 Å². The second-order valence-electron chi connectivity index (χ2n) is 7.28. The van der Waals surface area contributed by atoms with Crippen molar-refractivity contribution in [3.63, 3.8) is 0 Å². The molecule has 4 rings (SSSR count). The van der Waals surface area contributed by atoms with Crippen molar-refractivity contribution in [2.45, 2.75) is 26.8 Å². The highest BCUT2D eigenvalue weighted by Gasteiger charge is 2.42. The maximum atomic E-state index is 13.5. The molecule has 0 saturated heterocycles. The summed E-state index contributed by atoms with van der Waals surface area (Å²) in [5.41, 5.74) is 3.34. The van der Waals surface area contributed by atoms with Crippen LogP contribution in [-0.4, -0.2) is 24.0 Å². The number of benzene rings is 2. The predicted octanol–water partition coefficient (Wildman–Crippen LogP) is 4.54. The summed E-state index contributed by atoms with van der Waals surface area (Å²) < 4.78 is 11.5. The minimum atomic E-state index is -0.521. The van der Waals surface area contributed by atoms with E-state index in [0.717, 1.165) is 22.4 Å². The van der Waals surface area contributed by atoms with Crippen LogP contribution in [0.3, 0.4) is 0 Å². The van der Waals surface area contributed by atoms with Crippen LogP contribution in [-0.2, 0) is 0 Å². The number of amides is 1. The molecule has 5 nitrogen and oxygen atoms in total. The Hall–Kier alpha value is -3.34. The molecule has 1 aromatic heterocycles. The average molecular weight is 389 g/mol. The molecule has 1 aliphatic rings. The number of rotatable bonds is 5. The summed E-state index contributed by atoms with van der Waals surface area (Å²) >= 11 is 0. The molecule has 5 heteroatoms. The first kappa shape index (κ1) is 19.0. The van der Waals surface area contributed by atoms with E-state index in [4.69, 9.17) is 9.15 Å². The fourth-order valence-corrected chi connectivity index (χ4v) is 4.10. The molecule has 1 amide bonds. The van der Waals surface area contributed by atoms with Crippen LogP contribution in [0, 0.1) is 13.8 Å². The van der Waals surface area contributed by atoms with Crippen LogP contribution in [0.5, 0.6) is 5.75 Å². The Labute approximate surface area is 169 Å². The van der Waals surface area contributed by atoms with Gasteiger partial charge >= 0.3 is 0 Å². The highest BCUT2D eigenvalue weighted by Crippen LogP contribution is 2.38. The lowest BCUT2D eigenvalue weighted by Gasteiger charge is -2.24. The highest BCUT2D eigenvalue weighted by atomic mass is 16.5. The van der Waals surface area contributed by atoms with E-state index in [1.165, 1.54) is 0 Å². The molecule has 0 aliphatic carbocycles. The average Bonchev–Trinajstić information content (AvgIpc) is 2.95. The van der Waals surface area contributed by atoms with Crippen molar-refractivity contribution < 1.29 is 13.9 Å². The first-order valence-electron chi connectivity index (χ1n) is 9.68. The molecule has 29 heavy (non-hydrogen) atoms. The van der Waals surface area contributed by atoms with Crippen molar-refractivity contribution in [1.29, 1.82) is 0 Å². The minimum absolute atomic E-state index is 0.119. The summed E-state index contributed by atoms with van der Waals surface area (Å²) in [6.07, 6.45) is 1.66. The van der Waals surface area contributed by atoms with Gasteiger partial charge in [0.15, 0.2) is 5.43 Å². The van der Waals surface area contributed by atoms with Crippen molar-refractivity contribution in [2.75, 3.05) is 13.2 Å². The van der Waals surface area contributed by atoms with Gasteiger partial charge in [-0.15, -0.1) is 6.58 Å². The third-order valence-electron chi connectivity index (χ3n) is 5.24. The third-order valence-corrected chi connectivity index (χ3v) is 5.24. The second-order valence-corrected chi connectivity index (χ2v) is 7.28. The predicted molar refractivity (Wildman–Crippen MR) is 113 cm³/mol. The van der Waals surface area contributed by atoms with Crippen LogP contribution in [0.2, 0.25) is 0 Å². The van der Waals surface area contributed by atoms with Gasteiger partial charge in [0.1, 0.15) is 11.3 Å². The molecule has 1 aliphatic heterocycles. The molecule has 0 spiro atoms. The summed E-state index contributed by atoms with van der Waals surface area (Å²) in [7, 11) is 0. The summed E-state index contributed by atoms with van der Waals surface area (Å²) in [6.45, 7) is 10.4. The van der Waals surface area contributed by atoms with E-state index in [1.807, 2.05) is 51.1 Å². The van der Waals surface area contributed by atoms with Crippen LogP contribution in [0.4, 0.5) is 0 Å². The van der Waals surface area contributed by atoms with E-state index in [0.29, 0.717) is 29.7 Å². The van der Waals surface area contributed by atoms with Crippen LogP contribution < -0.4 is 10.2 Å². The Balaban J connectivity index is 1.96. The maximum absolute atomic E-state index is 13.5. The third kappa shape index (κ3) is 3.03. The first-order chi connectivity index (χ1) is 14.0. The van der Waals surface area contributed by atoms with E-state index in [2.05, 4.69) is 6.58 Å². The van der Waals surface area contributed by atoms with E-state index < -0.39 is 6.04 Å². The zero-order valence-electron chi connectivity index (χ0n) is 16.8. The summed E-state index contributed by atoms with van der Waals surface area (Å²) in [5.74, 6) is 0.568. The van der Waals surface area contributed by atoms with Gasteiger partial charge in [-0.2, -0.15) is 0 Å². The van der Waals surface area contributed by atoms with Gasteiger partial charge in [0, 0.05) is 6.54 Å². The molecule has 148 valence electrons. The topological polar surface area (TPSA) is 59.8 Å². The lowest BCUT2D eigenvalue weighted by Crippen LogP contribution is -2.29. The van der Waals surface area contributed by atoms with Crippen molar-refractivity contribution in [2.24, 2.45) is 0 Å². The molecular formula is C24H23NO4. The Kier molecular flexibility index (Phi) is 4.74. The molecule has 3 aromatic rings. The normalized spacial score (nSPS) is 15.6. The molecule has 1 unspecified atom stereocenters. The standard InChI is InChI=1S/C24H23NO4/c1-5-11-25-21(16-7-9-17(10-8-16)28-6-2)20-22(26)19-15(4)12-14(3)13-18(19)29-23(20)24(25)27/h5,7-10,12-13,21H,1,6,11H2,2-4H3. The number of hydrogen-bond acceptors (Lipinski definition) is 4. The van der Waals surface area contributed by atoms with Crippen LogP contribution in [0.15, 0.2) is 58.3 Å². The van der Waals surface area contributed by atoms with E-state index in [9.17, 15) is 9.59 Å². The molecule has 2 aromatic carbocycles. The smallest absolute Gasteiger partial charge is 0.291 e. The highest BCUT2D eigenvalue weighted by molar-refractivity contribution is 5.99. The number of carbonyl (C=O) groups is 1. The first-order valence-corrected chi connectivity index (χ1v) is 9.68. The second kappa shape index (κ2) is 7.24. The van der Waals surface area contributed by atoms with Gasteiger partial charge in [-0.1, -0.05) is 24.3 Å². The van der Waals surface area contributed by atoms with Gasteiger partial charge in [-0.05, 0) is 55.7 Å². The Bertz CT molecular complexity index is 1170. The van der Waals surface area contributed by atoms with Crippen molar-refractivity contribution in [1.82, 2.24) is 4.90 Å². The Morgan fingerprint density at radius 1 is 1.17 bits per heavy atom. The fourth-order valence-electron chi connectivity index (χ4n) is 4.10. The van der Waals surface area contributed by atoms with Crippen LogP contribution in [0.1, 0.15) is 45.8 Å². The zero-order valence-corrected chi connectivity index (χ0v) is 16.8. The molecule has 0 bridgehead atoms. The lowest BCUT2D eigenvalue weighted by atomic mass is 9.97. The van der Waals surface area contributed by atoms with Crippen LogP contribution in [0.25, 0.3) is 11.0 Å². The van der Waals surface area contributed by atoms with E-state index >= 15 is 0 Å². The molecular weight excluding hydrogens is 366 g/mol. The van der Waals surface area contributed by atoms with Gasteiger partial charge in [0.25, 0.3) is 5.91 Å². The van der Waals surface area contributed by atoms with E-state index in [1.54, 1.807) is 17.0 Å². The van der Waals surface area contributed by atoms with Gasteiger partial charge in [0.2, 0.25) is 5.76 Å². The largest absolute Gasteiger partial charge is 0.494 e. The van der Waals surface area contributed by atoms with Crippen molar-refractivity contribution in [3.8, 4) is 5.75 Å². The van der Waals surface area contributed by atoms with Gasteiger partial charge in [0.05, 0.1) is 23.6 Å². The Morgan fingerprint density at radius 3 is 2.55 bits per heavy atom. The molecule has 0 saturated carbocycles. The maximum Gasteiger partial charge on any atom is 0.291 e. The van der Waals surface area contributed by atoms with Gasteiger partial charge in [-0.3, -0.25) is 9.59 Å². The monoisotopic (exact) mass is 389 g/mol. The van der Waals surface area contributed by atoms with Crippen molar-refractivity contribution in [3.05, 3.63) is 87.3 Å². The Morgan fingerprint density at radius 2 is 1.90 bits per heavy atom. The fraction of sp³-hybridized carbons (Fsp3) is 0.250. The molecule has 2 heterocycles. The van der Waals surface area contributed by atoms with E-state index in [-0.39, 0.29) is 17.1 Å². The number of hydrogen-bond donors (Lipinski definition) is 0. The molecule has 0 N–H and O–H groups in total. The summed E-state index contributed by atoms with van der Waals surface area (Å²) in [5, 5.41) is 0.526. The number of fused-ring (bicyclic) bond motifs is 2. The number of ether oxygens (including phenoxy) is 1. The number of nitrogens with zero attached hydrogens (tertiary/aromatic N) is 1. The van der Waals surface area contributed by atoms with Gasteiger partial charge in [-0.25, -0.2) is 0 Å². The molecule has 0 fully saturated rings. The number of aryl methyl sites for hydroxylation is 2. The minimum Gasteiger partial charge on any atom is -0.494 e. The molecule has 1 atom stereocenters. The number of carbonyl (C=O) groups excluding carboxylic acids is 1. The summed E-state index contributed by atoms with van der Waals surface area (Å²) in [6, 6.07) is 10.7. The molecule has 0 radical (unpaired) electrons.